The molecule has 14 rings (SSSR count). The molecule has 0 fully saturated rings. The van der Waals surface area contributed by atoms with E-state index >= 15 is 0 Å². The van der Waals surface area contributed by atoms with Gasteiger partial charge in [0.2, 0.25) is 0 Å². The summed E-state index contributed by atoms with van der Waals surface area (Å²) in [5.41, 5.74) is 0. The van der Waals surface area contributed by atoms with Crippen molar-refractivity contribution in [1.82, 2.24) is 0 Å². The van der Waals surface area contributed by atoms with Crippen molar-refractivity contribution < 1.29 is 119 Å². The third-order valence-electron chi connectivity index (χ3n) is 13.9. The molecule has 0 saturated heterocycles. The molecule has 18 heteroatoms. The largest absolute Gasteiger partial charge is 6.00 e. The van der Waals surface area contributed by atoms with Gasteiger partial charge < -0.3 is 94.9 Å². The van der Waals surface area contributed by atoms with Crippen LogP contribution in [0.2, 0.25) is 0 Å². The first kappa shape index (κ1) is 104. The second kappa shape index (κ2) is 68.1. The van der Waals surface area contributed by atoms with Crippen LogP contribution < -0.4 is 63.7 Å². The topological polar surface area (TPSA) is 209 Å². The molecule has 8 N–H and O–H groups in total. The first-order chi connectivity index (χ1) is 51.7. The van der Waals surface area contributed by atoms with E-state index in [-0.39, 0.29) is 77.9 Å². The first-order valence-corrected chi connectivity index (χ1v) is 40.1. The maximum atomic E-state index is 7.61. The summed E-state index contributed by atoms with van der Waals surface area (Å²) in [5, 5.41) is 90.6. The molecule has 14 aromatic rings. The molecule has 0 bridgehead atoms. The van der Waals surface area contributed by atoms with Crippen molar-refractivity contribution in [3.63, 3.8) is 0 Å². The Kier molecular flexibility index (Phi) is 64.5. The summed E-state index contributed by atoms with van der Waals surface area (Å²) in [6.07, 6.45) is -4.67. The minimum atomic E-state index is -1.17. The average molecular weight is 1890 g/mol. The third-order valence-corrected chi connectivity index (χ3v) is 24.8. The van der Waals surface area contributed by atoms with Crippen molar-refractivity contribution in [3.05, 3.63) is 438 Å². The van der Waals surface area contributed by atoms with Crippen LogP contribution in [-0.2, 0) is 77.9 Å². The van der Waals surface area contributed by atoms with Gasteiger partial charge in [-0.25, -0.2) is 12.1 Å². The fraction of sp³-hybridized carbons (Fsp3) is 0.0870. The zero-order valence-electron chi connectivity index (χ0n) is 61.6. The van der Waals surface area contributed by atoms with Gasteiger partial charge in [0.15, 0.2) is 0 Å². The van der Waals surface area contributed by atoms with E-state index in [2.05, 4.69) is 364 Å². The molecule has 10 nitrogen and oxygen atoms in total. The Morgan fingerprint density at radius 2 is 0.282 bits per heavy atom. The fourth-order valence-corrected chi connectivity index (χ4v) is 20.2. The minimum absolute atomic E-state index is 0. The third kappa shape index (κ3) is 46.1. The summed E-state index contributed by atoms with van der Waals surface area (Å²) in [4.78, 5) is 0. The molecule has 0 aromatic heterocycles. The van der Waals surface area contributed by atoms with Gasteiger partial charge >= 0.3 is 39.0 Å². The Bertz CT molecular complexity index is 3320. The maximum Gasteiger partial charge on any atom is 6.00 e. The van der Waals surface area contributed by atoms with E-state index in [0.717, 1.165) is 0 Å². The van der Waals surface area contributed by atoms with Crippen molar-refractivity contribution in [2.24, 2.45) is 0 Å². The summed E-state index contributed by atoms with van der Waals surface area (Å²) in [6.45, 7) is 14.6. The van der Waals surface area contributed by atoms with Crippen molar-refractivity contribution in [2.45, 2.75) is 52.9 Å². The SMILES string of the molecule is CC(O)O.CC(O)O.CC(O)O.CC(O)O.[C-]#N.[C-]#N.[Ru+6].[Ru+6].[Ru].[Ru].[cH-]1[cH-][cH-][cH-][cH-]1.c1cc[cH-]c1.c1ccc([PH+](c2ccccc2)c2ccccc2)cc1.c1ccc([PH+](c2ccccc2)c2ccccc2)cc1.c1ccc([PH+](c2ccccc2)c2ccccc2)cc1.c1ccc([PH+](c2ccccc2)c2ccccc2)cc1. The van der Waals surface area contributed by atoms with Crippen LogP contribution in [0.1, 0.15) is 27.7 Å². The Morgan fingerprint density at radius 3 is 0.345 bits per heavy atom. The maximum absolute atomic E-state index is 7.61. The van der Waals surface area contributed by atoms with Crippen LogP contribution in [0.3, 0.4) is 0 Å². The zero-order valence-corrected chi connectivity index (χ0v) is 72.6. The number of aliphatic hydroxyl groups is 8. The molecule has 0 heterocycles. The van der Waals surface area contributed by atoms with Crippen molar-refractivity contribution in [2.75, 3.05) is 0 Å². The predicted molar refractivity (Wildman–Crippen MR) is 456 cm³/mol. The van der Waals surface area contributed by atoms with Gasteiger partial charge in [0.05, 0.1) is 31.7 Å². The van der Waals surface area contributed by atoms with Gasteiger partial charge in [0.1, 0.15) is 88.8 Å². The summed E-state index contributed by atoms with van der Waals surface area (Å²) in [6, 6.07) is 150. The fourth-order valence-electron chi connectivity index (χ4n) is 9.90. The van der Waals surface area contributed by atoms with Crippen LogP contribution in [-0.4, -0.2) is 66.0 Å². The van der Waals surface area contributed by atoms with Crippen LogP contribution in [0.15, 0.2) is 425 Å². The molecule has 0 spiro atoms. The van der Waals surface area contributed by atoms with Gasteiger partial charge in [-0.05, 0) is 173 Å². The predicted octanol–water partition coefficient (Wildman–Crippen LogP) is 13.0. The second-order valence-corrected chi connectivity index (χ2v) is 32.3. The normalized spacial score (nSPS) is 9.38. The number of hydrogen-bond donors (Lipinski definition) is 8. The van der Waals surface area contributed by atoms with Crippen molar-refractivity contribution in [3.8, 4) is 0 Å². The van der Waals surface area contributed by atoms with Crippen molar-refractivity contribution in [1.29, 1.82) is 10.5 Å². The van der Waals surface area contributed by atoms with Gasteiger partial charge in [-0.15, -0.1) is 0 Å². The first-order valence-electron chi connectivity index (χ1n) is 34.1. The molecular formula is C92H98N2O8P4Ru4+8. The van der Waals surface area contributed by atoms with Crippen molar-refractivity contribution >= 4 is 95.3 Å². The average Bonchev–Trinajstić information content (AvgIpc) is 1.82. The number of rotatable bonds is 12. The van der Waals surface area contributed by atoms with E-state index in [9.17, 15) is 0 Å². The summed E-state index contributed by atoms with van der Waals surface area (Å²) >= 11 is 0. The number of hydrogen-bond acceptors (Lipinski definition) is 10. The van der Waals surface area contributed by atoms with E-state index in [1.54, 1.807) is 0 Å². The van der Waals surface area contributed by atoms with Crippen LogP contribution in [0.4, 0.5) is 0 Å². The smallest absolute Gasteiger partial charge is 0.748 e. The van der Waals surface area contributed by atoms with Gasteiger partial charge in [0, 0.05) is 39.0 Å². The molecule has 0 aliphatic rings. The van der Waals surface area contributed by atoms with Crippen LogP contribution >= 0.6 is 31.7 Å². The van der Waals surface area contributed by atoms with E-state index in [1.165, 1.54) is 91.3 Å². The van der Waals surface area contributed by atoms with Gasteiger partial charge in [0.25, 0.3) is 0 Å². The molecule has 0 aliphatic heterocycles. The molecule has 0 amide bonds. The molecular weight excluding hydrogens is 1790 g/mol. The molecule has 568 valence electrons. The summed E-state index contributed by atoms with van der Waals surface area (Å²) in [5.74, 6) is 0. The monoisotopic (exact) mass is 1890 g/mol. The molecule has 0 unspecified atom stereocenters. The van der Waals surface area contributed by atoms with Gasteiger partial charge in [-0.3, -0.25) is 0 Å². The van der Waals surface area contributed by atoms with Gasteiger partial charge in [-0.2, -0.15) is 18.2 Å². The van der Waals surface area contributed by atoms with E-state index in [0.29, 0.717) is 0 Å². The molecule has 14 aromatic carbocycles. The van der Waals surface area contributed by atoms with E-state index < -0.39 is 56.8 Å². The minimum Gasteiger partial charge on any atom is -0.748 e. The molecule has 0 radical (unpaired) electrons. The summed E-state index contributed by atoms with van der Waals surface area (Å²) < 4.78 is 0. The molecule has 110 heavy (non-hydrogen) atoms. The Labute approximate surface area is 709 Å². The summed E-state index contributed by atoms with van der Waals surface area (Å²) in [7, 11) is -3.51. The Morgan fingerprint density at radius 1 is 0.200 bits per heavy atom. The van der Waals surface area contributed by atoms with Gasteiger partial charge in [-0.1, -0.05) is 218 Å². The van der Waals surface area contributed by atoms with E-state index in [4.69, 9.17) is 64.5 Å². The molecule has 0 aliphatic carbocycles. The van der Waals surface area contributed by atoms with Crippen LogP contribution in [0.25, 0.3) is 0 Å². The van der Waals surface area contributed by atoms with Crippen LogP contribution in [0, 0.1) is 23.7 Å². The number of nitrogens with zero attached hydrogens (tertiary/aromatic N) is 2. The number of aliphatic hydroxyl groups excluding tert-OH is 4. The Balaban J connectivity index is 0. The second-order valence-electron chi connectivity index (χ2n) is 22.3. The Hall–Kier alpha value is -7.79. The van der Waals surface area contributed by atoms with Crippen LogP contribution in [0.5, 0.6) is 0 Å². The standard InChI is InChI=1S/4C18H15P.2C5H5.4C2H6O2.2CN.4Ru/c4*1-4-10-16(11-5-1)19(17-12-6-2-7-13-17)18-14-8-3-9-15-18;2*1-2-4-5-3-1;4*1-2(3)4;2*1-2;;;;/h4*1-15H;2*1-5H;4*2-4H,1H3;;;;;;/q;;;;-5;-1;;;;;2*-1;;;2*+6/p+4. The molecule has 0 atom stereocenters. The van der Waals surface area contributed by atoms with E-state index in [1.807, 2.05) is 60.7 Å². The quantitative estimate of drug-likeness (QED) is 0.0251. The molecule has 0 saturated carbocycles. The zero-order chi connectivity index (χ0) is 77.0. The number of benzene rings is 12.